The third kappa shape index (κ3) is 3.28. The lowest BCUT2D eigenvalue weighted by Crippen LogP contribution is -2.39. The van der Waals surface area contributed by atoms with E-state index in [1.807, 2.05) is 0 Å². The molecule has 0 radical (unpaired) electrons. The Morgan fingerprint density at radius 1 is 1.33 bits per heavy atom. The van der Waals surface area contributed by atoms with Gasteiger partial charge in [-0.05, 0) is 24.6 Å². The Labute approximate surface area is 106 Å². The van der Waals surface area contributed by atoms with Crippen LogP contribution in [0.3, 0.4) is 0 Å². The smallest absolute Gasteiger partial charge is 0.154 e. The van der Waals surface area contributed by atoms with Crippen LogP contribution < -0.4 is 5.32 Å². The summed E-state index contributed by atoms with van der Waals surface area (Å²) in [6.45, 7) is 0.443. The Bertz CT molecular complexity index is 518. The lowest BCUT2D eigenvalue weighted by molar-refractivity contribution is 0.166. The van der Waals surface area contributed by atoms with E-state index in [0.717, 1.165) is 0 Å². The van der Waals surface area contributed by atoms with Crippen LogP contribution in [0, 0.1) is 5.82 Å². The van der Waals surface area contributed by atoms with Gasteiger partial charge in [0.2, 0.25) is 0 Å². The van der Waals surface area contributed by atoms with Gasteiger partial charge in [-0.1, -0.05) is 18.2 Å². The van der Waals surface area contributed by atoms with Crippen molar-refractivity contribution in [2.75, 3.05) is 18.1 Å². The molecule has 0 aromatic heterocycles. The SMILES string of the molecule is O=S1(=O)C[C@@H](O)[C@H](NCCc2ccccc2F)C1. The summed E-state index contributed by atoms with van der Waals surface area (Å²) in [7, 11) is -3.13. The van der Waals surface area contributed by atoms with Crippen molar-refractivity contribution in [2.45, 2.75) is 18.6 Å². The van der Waals surface area contributed by atoms with Crippen molar-refractivity contribution in [2.24, 2.45) is 0 Å². The lowest BCUT2D eigenvalue weighted by Gasteiger charge is -2.14. The fourth-order valence-corrected chi connectivity index (χ4v) is 3.89. The van der Waals surface area contributed by atoms with Gasteiger partial charge in [0.25, 0.3) is 0 Å². The molecule has 0 saturated carbocycles. The highest BCUT2D eigenvalue weighted by Gasteiger charge is 2.35. The Kier molecular flexibility index (Phi) is 3.99. The van der Waals surface area contributed by atoms with Crippen molar-refractivity contribution in [3.8, 4) is 0 Å². The Balaban J connectivity index is 1.85. The molecular weight excluding hydrogens is 257 g/mol. The molecule has 0 amide bonds. The quantitative estimate of drug-likeness (QED) is 0.817. The van der Waals surface area contributed by atoms with Gasteiger partial charge in [0.15, 0.2) is 9.84 Å². The number of rotatable bonds is 4. The van der Waals surface area contributed by atoms with E-state index in [2.05, 4.69) is 5.32 Å². The molecule has 1 aliphatic heterocycles. The van der Waals surface area contributed by atoms with Gasteiger partial charge < -0.3 is 10.4 Å². The standard InChI is InChI=1S/C12H16FNO3S/c13-10-4-2-1-3-9(10)5-6-14-11-7-18(16,17)8-12(11)15/h1-4,11-12,14-15H,5-8H2/t11-,12-/m1/s1. The van der Waals surface area contributed by atoms with E-state index in [9.17, 15) is 17.9 Å². The first-order valence-electron chi connectivity index (χ1n) is 5.83. The van der Waals surface area contributed by atoms with Gasteiger partial charge in [-0.15, -0.1) is 0 Å². The average molecular weight is 273 g/mol. The molecule has 4 nitrogen and oxygen atoms in total. The van der Waals surface area contributed by atoms with Crippen LogP contribution in [-0.2, 0) is 16.3 Å². The molecule has 6 heteroatoms. The van der Waals surface area contributed by atoms with E-state index >= 15 is 0 Å². The maximum absolute atomic E-state index is 13.3. The van der Waals surface area contributed by atoms with Gasteiger partial charge in [0.05, 0.1) is 17.6 Å². The number of hydrogen-bond acceptors (Lipinski definition) is 4. The predicted molar refractivity (Wildman–Crippen MR) is 66.6 cm³/mol. The second-order valence-corrected chi connectivity index (χ2v) is 6.70. The fraction of sp³-hybridized carbons (Fsp3) is 0.500. The third-order valence-electron chi connectivity index (χ3n) is 3.08. The van der Waals surface area contributed by atoms with E-state index in [0.29, 0.717) is 18.5 Å². The topological polar surface area (TPSA) is 66.4 Å². The zero-order valence-electron chi connectivity index (χ0n) is 9.84. The number of sulfone groups is 1. The molecule has 1 fully saturated rings. The number of aliphatic hydroxyl groups excluding tert-OH is 1. The van der Waals surface area contributed by atoms with Crippen LogP contribution in [0.2, 0.25) is 0 Å². The summed E-state index contributed by atoms with van der Waals surface area (Å²) in [4.78, 5) is 0. The summed E-state index contributed by atoms with van der Waals surface area (Å²) in [5, 5.41) is 12.5. The lowest BCUT2D eigenvalue weighted by atomic mass is 10.1. The van der Waals surface area contributed by atoms with Crippen molar-refractivity contribution in [1.82, 2.24) is 5.32 Å². The van der Waals surface area contributed by atoms with Crippen LogP contribution >= 0.6 is 0 Å². The van der Waals surface area contributed by atoms with E-state index < -0.39 is 22.0 Å². The Morgan fingerprint density at radius 2 is 2.06 bits per heavy atom. The molecule has 1 aromatic carbocycles. The highest BCUT2D eigenvalue weighted by Crippen LogP contribution is 2.13. The van der Waals surface area contributed by atoms with Crippen LogP contribution in [0.15, 0.2) is 24.3 Å². The molecule has 1 aliphatic rings. The molecule has 2 N–H and O–H groups in total. The van der Waals surface area contributed by atoms with Crippen molar-refractivity contribution < 1.29 is 17.9 Å². The number of halogens is 1. The average Bonchev–Trinajstić information content (AvgIpc) is 2.55. The monoisotopic (exact) mass is 273 g/mol. The summed E-state index contributed by atoms with van der Waals surface area (Å²) in [5.41, 5.74) is 0.584. The third-order valence-corrected chi connectivity index (χ3v) is 4.80. The van der Waals surface area contributed by atoms with Crippen LogP contribution in [0.25, 0.3) is 0 Å². The zero-order chi connectivity index (χ0) is 13.2. The van der Waals surface area contributed by atoms with E-state index in [1.54, 1.807) is 18.2 Å². The van der Waals surface area contributed by atoms with Gasteiger partial charge in [0, 0.05) is 6.04 Å². The first-order valence-corrected chi connectivity index (χ1v) is 7.65. The molecule has 100 valence electrons. The second-order valence-electron chi connectivity index (χ2n) is 4.55. The van der Waals surface area contributed by atoms with Crippen molar-refractivity contribution in [3.05, 3.63) is 35.6 Å². The predicted octanol–water partition coefficient (Wildman–Crippen LogP) is 0.116. The maximum atomic E-state index is 13.3. The fourth-order valence-electron chi connectivity index (χ4n) is 2.12. The van der Waals surface area contributed by atoms with Crippen molar-refractivity contribution in [1.29, 1.82) is 0 Å². The summed E-state index contributed by atoms with van der Waals surface area (Å²) in [6, 6.07) is 6.03. The van der Waals surface area contributed by atoms with Gasteiger partial charge in [0.1, 0.15) is 5.82 Å². The minimum atomic E-state index is -3.13. The molecule has 1 aromatic rings. The van der Waals surface area contributed by atoms with Crippen molar-refractivity contribution >= 4 is 9.84 Å². The first-order chi connectivity index (χ1) is 8.48. The molecule has 2 rings (SSSR count). The van der Waals surface area contributed by atoms with Crippen LogP contribution in [0.4, 0.5) is 4.39 Å². The molecule has 2 atom stereocenters. The molecule has 18 heavy (non-hydrogen) atoms. The molecule has 0 spiro atoms. The first kappa shape index (κ1) is 13.5. The highest BCUT2D eigenvalue weighted by atomic mass is 32.2. The number of benzene rings is 1. The molecule has 0 unspecified atom stereocenters. The highest BCUT2D eigenvalue weighted by molar-refractivity contribution is 7.91. The zero-order valence-corrected chi connectivity index (χ0v) is 10.7. The minimum Gasteiger partial charge on any atom is -0.390 e. The number of aliphatic hydroxyl groups is 1. The van der Waals surface area contributed by atoms with E-state index in [1.165, 1.54) is 6.07 Å². The summed E-state index contributed by atoms with van der Waals surface area (Å²) in [6.07, 6.45) is -0.397. The normalized spacial score (nSPS) is 26.3. The number of nitrogens with one attached hydrogen (secondary N) is 1. The Hall–Kier alpha value is -0.980. The molecule has 1 heterocycles. The van der Waals surface area contributed by atoms with Gasteiger partial charge in [-0.25, -0.2) is 12.8 Å². The van der Waals surface area contributed by atoms with Crippen molar-refractivity contribution in [3.63, 3.8) is 0 Å². The number of hydrogen-bond donors (Lipinski definition) is 2. The summed E-state index contributed by atoms with van der Waals surface area (Å²) in [5.74, 6) is -0.505. The molecule has 0 bridgehead atoms. The summed E-state index contributed by atoms with van der Waals surface area (Å²) >= 11 is 0. The van der Waals surface area contributed by atoms with Gasteiger partial charge >= 0.3 is 0 Å². The maximum Gasteiger partial charge on any atom is 0.154 e. The van der Waals surface area contributed by atoms with E-state index in [-0.39, 0.29) is 17.3 Å². The molecule has 0 aliphatic carbocycles. The second kappa shape index (κ2) is 5.34. The minimum absolute atomic E-state index is 0.0502. The molecular formula is C12H16FNO3S. The van der Waals surface area contributed by atoms with E-state index in [4.69, 9.17) is 0 Å². The Morgan fingerprint density at radius 3 is 2.67 bits per heavy atom. The van der Waals surface area contributed by atoms with Gasteiger partial charge in [-0.3, -0.25) is 0 Å². The van der Waals surface area contributed by atoms with Gasteiger partial charge in [-0.2, -0.15) is 0 Å². The van der Waals surface area contributed by atoms with Crippen LogP contribution in [0.1, 0.15) is 5.56 Å². The largest absolute Gasteiger partial charge is 0.390 e. The summed E-state index contributed by atoms with van der Waals surface area (Å²) < 4.78 is 35.9. The van der Waals surface area contributed by atoms with Crippen LogP contribution in [-0.4, -0.2) is 43.7 Å². The molecule has 1 saturated heterocycles. The van der Waals surface area contributed by atoms with Crippen LogP contribution in [0.5, 0.6) is 0 Å².